The van der Waals surface area contributed by atoms with E-state index in [0.717, 1.165) is 19.3 Å². The van der Waals surface area contributed by atoms with Gasteiger partial charge in [0, 0.05) is 6.04 Å². The molecule has 0 fully saturated rings. The van der Waals surface area contributed by atoms with Crippen LogP contribution in [0.4, 0.5) is 0 Å². The largest absolute Gasteiger partial charge is 0.477 e. The maximum absolute atomic E-state index is 11.9. The van der Waals surface area contributed by atoms with Gasteiger partial charge in [0.1, 0.15) is 11.4 Å². The molecular weight excluding hydrogens is 232 g/mol. The van der Waals surface area contributed by atoms with Crippen molar-refractivity contribution in [2.24, 2.45) is 0 Å². The van der Waals surface area contributed by atoms with Crippen molar-refractivity contribution < 1.29 is 14.7 Å². The van der Waals surface area contributed by atoms with Crippen molar-refractivity contribution in [1.82, 2.24) is 10.3 Å². The van der Waals surface area contributed by atoms with E-state index in [1.165, 1.54) is 18.2 Å². The summed E-state index contributed by atoms with van der Waals surface area (Å²) >= 11 is 0. The number of nitrogens with zero attached hydrogens (tertiary/aromatic N) is 1. The summed E-state index contributed by atoms with van der Waals surface area (Å²) in [5.74, 6) is -1.45. The molecule has 1 atom stereocenters. The fraction of sp³-hybridized carbons (Fsp3) is 0.462. The first-order valence-electron chi connectivity index (χ1n) is 6.09. The van der Waals surface area contributed by atoms with Gasteiger partial charge in [0.2, 0.25) is 0 Å². The third-order valence-electron chi connectivity index (χ3n) is 2.67. The Hall–Kier alpha value is -1.91. The molecule has 1 aromatic heterocycles. The van der Waals surface area contributed by atoms with Gasteiger partial charge in [-0.2, -0.15) is 0 Å². The zero-order valence-electron chi connectivity index (χ0n) is 10.6. The van der Waals surface area contributed by atoms with E-state index in [0.29, 0.717) is 0 Å². The average molecular weight is 250 g/mol. The minimum Gasteiger partial charge on any atom is -0.477 e. The molecule has 98 valence electrons. The van der Waals surface area contributed by atoms with Gasteiger partial charge in [0.05, 0.1) is 0 Å². The second kappa shape index (κ2) is 6.74. The van der Waals surface area contributed by atoms with Crippen molar-refractivity contribution in [2.75, 3.05) is 0 Å². The second-order valence-corrected chi connectivity index (χ2v) is 4.08. The lowest BCUT2D eigenvalue weighted by Crippen LogP contribution is -2.34. The molecule has 18 heavy (non-hydrogen) atoms. The van der Waals surface area contributed by atoms with Crippen molar-refractivity contribution in [1.29, 1.82) is 0 Å². The fourth-order valence-corrected chi connectivity index (χ4v) is 1.67. The van der Waals surface area contributed by atoms with Crippen molar-refractivity contribution in [3.05, 3.63) is 29.6 Å². The monoisotopic (exact) mass is 250 g/mol. The van der Waals surface area contributed by atoms with Gasteiger partial charge in [-0.3, -0.25) is 4.79 Å². The second-order valence-electron chi connectivity index (χ2n) is 4.08. The molecule has 0 bridgehead atoms. The van der Waals surface area contributed by atoms with Crippen molar-refractivity contribution in [2.45, 2.75) is 39.2 Å². The maximum atomic E-state index is 11.9. The maximum Gasteiger partial charge on any atom is 0.354 e. The van der Waals surface area contributed by atoms with Gasteiger partial charge in [0.15, 0.2) is 0 Å². The van der Waals surface area contributed by atoms with E-state index in [4.69, 9.17) is 5.11 Å². The smallest absolute Gasteiger partial charge is 0.354 e. The van der Waals surface area contributed by atoms with Crippen LogP contribution in [0.3, 0.4) is 0 Å². The highest BCUT2D eigenvalue weighted by Crippen LogP contribution is 2.04. The Bertz CT molecular complexity index is 432. The summed E-state index contributed by atoms with van der Waals surface area (Å²) in [6.45, 7) is 4.06. The first kappa shape index (κ1) is 14.2. The number of carboxylic acid groups (broad SMARTS) is 1. The Kier molecular flexibility index (Phi) is 5.30. The Balaban J connectivity index is 2.77. The highest BCUT2D eigenvalue weighted by Gasteiger charge is 2.14. The van der Waals surface area contributed by atoms with E-state index in [2.05, 4.69) is 17.2 Å². The molecular formula is C13H18N2O3. The molecule has 1 rings (SSSR count). The molecule has 2 N–H and O–H groups in total. The van der Waals surface area contributed by atoms with E-state index < -0.39 is 5.97 Å². The van der Waals surface area contributed by atoms with Gasteiger partial charge >= 0.3 is 5.97 Å². The van der Waals surface area contributed by atoms with E-state index in [9.17, 15) is 9.59 Å². The number of carboxylic acids is 1. The SMILES string of the molecule is CCCC(CC)NC(=O)c1cccc(C(=O)O)n1. The van der Waals surface area contributed by atoms with Crippen LogP contribution in [0.25, 0.3) is 0 Å². The summed E-state index contributed by atoms with van der Waals surface area (Å²) in [5, 5.41) is 11.7. The third-order valence-corrected chi connectivity index (χ3v) is 2.67. The van der Waals surface area contributed by atoms with Crippen LogP contribution in [0.15, 0.2) is 18.2 Å². The van der Waals surface area contributed by atoms with Crippen LogP contribution >= 0.6 is 0 Å². The topological polar surface area (TPSA) is 79.3 Å². The number of rotatable bonds is 6. The molecule has 0 aliphatic heterocycles. The molecule has 0 spiro atoms. The number of nitrogens with one attached hydrogen (secondary N) is 1. The molecule has 1 aromatic rings. The molecule has 0 aromatic carbocycles. The van der Waals surface area contributed by atoms with Crippen LogP contribution in [0, 0.1) is 0 Å². The first-order valence-corrected chi connectivity index (χ1v) is 6.09. The zero-order chi connectivity index (χ0) is 13.5. The Labute approximate surface area is 106 Å². The van der Waals surface area contributed by atoms with Crippen LogP contribution in [0.1, 0.15) is 54.1 Å². The number of hydrogen-bond donors (Lipinski definition) is 2. The van der Waals surface area contributed by atoms with Gasteiger partial charge in [-0.25, -0.2) is 9.78 Å². The molecule has 0 aliphatic carbocycles. The van der Waals surface area contributed by atoms with Gasteiger partial charge in [-0.05, 0) is 25.0 Å². The van der Waals surface area contributed by atoms with Crippen molar-refractivity contribution >= 4 is 11.9 Å². The quantitative estimate of drug-likeness (QED) is 0.810. The standard InChI is InChI=1S/C13H18N2O3/c1-3-6-9(4-2)14-12(16)10-7-5-8-11(15-10)13(17)18/h5,7-9H,3-4,6H2,1-2H3,(H,14,16)(H,17,18). The van der Waals surface area contributed by atoms with Crippen LogP contribution in [-0.4, -0.2) is 28.0 Å². The van der Waals surface area contributed by atoms with Gasteiger partial charge in [0.25, 0.3) is 5.91 Å². The summed E-state index contributed by atoms with van der Waals surface area (Å²) in [4.78, 5) is 26.5. The van der Waals surface area contributed by atoms with E-state index in [1.54, 1.807) is 0 Å². The van der Waals surface area contributed by atoms with E-state index >= 15 is 0 Å². The number of carbonyl (C=O) groups excluding carboxylic acids is 1. The summed E-state index contributed by atoms with van der Waals surface area (Å²) in [6, 6.07) is 4.51. The minimum absolute atomic E-state index is 0.109. The molecule has 0 aliphatic rings. The Morgan fingerprint density at radius 1 is 1.33 bits per heavy atom. The Morgan fingerprint density at radius 3 is 2.56 bits per heavy atom. The highest BCUT2D eigenvalue weighted by molar-refractivity contribution is 5.94. The molecule has 5 nitrogen and oxygen atoms in total. The summed E-state index contributed by atoms with van der Waals surface area (Å²) in [7, 11) is 0. The lowest BCUT2D eigenvalue weighted by molar-refractivity contribution is 0.0690. The first-order chi connectivity index (χ1) is 8.58. The van der Waals surface area contributed by atoms with E-state index in [1.807, 2.05) is 6.92 Å². The number of aromatic nitrogens is 1. The number of aromatic carboxylic acids is 1. The van der Waals surface area contributed by atoms with Crippen molar-refractivity contribution in [3.63, 3.8) is 0 Å². The van der Waals surface area contributed by atoms with Gasteiger partial charge in [-0.1, -0.05) is 26.3 Å². The summed E-state index contributed by atoms with van der Waals surface area (Å²) in [6.07, 6.45) is 2.74. The predicted octanol–water partition coefficient (Wildman–Crippen LogP) is 2.09. The number of amides is 1. The van der Waals surface area contributed by atoms with Crippen LogP contribution in [0.5, 0.6) is 0 Å². The number of carbonyl (C=O) groups is 2. The van der Waals surface area contributed by atoms with Gasteiger partial charge < -0.3 is 10.4 Å². The minimum atomic E-state index is -1.13. The van der Waals surface area contributed by atoms with Crippen LogP contribution in [-0.2, 0) is 0 Å². The summed E-state index contributed by atoms with van der Waals surface area (Å²) < 4.78 is 0. The molecule has 1 unspecified atom stereocenters. The molecule has 0 saturated carbocycles. The molecule has 1 amide bonds. The van der Waals surface area contributed by atoms with Crippen LogP contribution < -0.4 is 5.32 Å². The Morgan fingerprint density at radius 2 is 2.00 bits per heavy atom. The van der Waals surface area contributed by atoms with E-state index in [-0.39, 0.29) is 23.3 Å². The summed E-state index contributed by atoms with van der Waals surface area (Å²) in [5.41, 5.74) is 0.0237. The van der Waals surface area contributed by atoms with Gasteiger partial charge in [-0.15, -0.1) is 0 Å². The molecule has 1 heterocycles. The molecule has 5 heteroatoms. The lowest BCUT2D eigenvalue weighted by atomic mass is 10.1. The normalized spacial score (nSPS) is 11.9. The van der Waals surface area contributed by atoms with Crippen molar-refractivity contribution in [3.8, 4) is 0 Å². The third kappa shape index (κ3) is 3.84. The lowest BCUT2D eigenvalue weighted by Gasteiger charge is -2.15. The zero-order valence-corrected chi connectivity index (χ0v) is 10.6. The number of pyridine rings is 1. The fourth-order valence-electron chi connectivity index (χ4n) is 1.67. The average Bonchev–Trinajstić information content (AvgIpc) is 2.38. The molecule has 0 radical (unpaired) electrons. The highest BCUT2D eigenvalue weighted by atomic mass is 16.4. The molecule has 0 saturated heterocycles. The predicted molar refractivity (Wildman–Crippen MR) is 67.6 cm³/mol. The number of hydrogen-bond acceptors (Lipinski definition) is 3. The van der Waals surface area contributed by atoms with Crippen LogP contribution in [0.2, 0.25) is 0 Å².